The Hall–Kier alpha value is -1.37. The maximum absolute atomic E-state index is 6.13. The molecule has 0 saturated carbocycles. The molecule has 0 spiro atoms. The Labute approximate surface area is 152 Å². The second kappa shape index (κ2) is 8.34. The summed E-state index contributed by atoms with van der Waals surface area (Å²) in [7, 11) is -0.355. The van der Waals surface area contributed by atoms with Crippen molar-refractivity contribution in [1.82, 2.24) is 5.43 Å². The molecule has 1 aromatic rings. The lowest BCUT2D eigenvalue weighted by Gasteiger charge is -2.32. The number of anilines is 1. The molecule has 0 atom stereocenters. The summed E-state index contributed by atoms with van der Waals surface area (Å²) in [6.45, 7) is 13.2. The molecule has 6 heteroatoms. The number of nitrogens with one attached hydrogen (secondary N) is 2. The normalized spacial score (nSPS) is 21.6. The molecule has 0 aromatic heterocycles. The quantitative estimate of drug-likeness (QED) is 0.760. The fraction of sp³-hybridized carbons (Fsp3) is 0.632. The molecule has 5 nitrogen and oxygen atoms in total. The van der Waals surface area contributed by atoms with Crippen molar-refractivity contribution < 1.29 is 9.31 Å². The number of nitrogens with zero attached hydrogens (tertiary/aromatic N) is 1. The molecule has 2 N–H and O–H groups in total. The van der Waals surface area contributed by atoms with Crippen molar-refractivity contribution in [3.8, 4) is 0 Å². The Morgan fingerprint density at radius 2 is 1.72 bits per heavy atom. The van der Waals surface area contributed by atoms with Gasteiger partial charge in [-0.1, -0.05) is 19.9 Å². The lowest BCUT2D eigenvalue weighted by atomic mass is 9.79. The zero-order valence-corrected chi connectivity index (χ0v) is 16.5. The first-order valence-electron chi connectivity index (χ1n) is 9.40. The number of rotatable bonds is 1. The summed E-state index contributed by atoms with van der Waals surface area (Å²) in [5, 5.41) is 0. The molecule has 0 radical (unpaired) electrons. The molecule has 2 aliphatic heterocycles. The fourth-order valence-electron chi connectivity index (χ4n) is 2.66. The van der Waals surface area contributed by atoms with E-state index in [9.17, 15) is 0 Å². The van der Waals surface area contributed by atoms with Gasteiger partial charge in [0.1, 0.15) is 0 Å². The van der Waals surface area contributed by atoms with Gasteiger partial charge in [-0.05, 0) is 64.6 Å². The van der Waals surface area contributed by atoms with Gasteiger partial charge in [0.15, 0.2) is 0 Å². The van der Waals surface area contributed by atoms with Crippen LogP contribution in [0.1, 0.15) is 60.8 Å². The van der Waals surface area contributed by atoms with Crippen molar-refractivity contribution in [1.29, 1.82) is 0 Å². The molecule has 2 heterocycles. The molecule has 1 aromatic carbocycles. The predicted molar refractivity (Wildman–Crippen MR) is 107 cm³/mol. The Balaban J connectivity index is 0.00000109. The second-order valence-corrected chi connectivity index (χ2v) is 7.22. The fourth-order valence-corrected chi connectivity index (χ4v) is 2.66. The first kappa shape index (κ1) is 20.0. The number of hydrazine groups is 1. The molecule has 1 fully saturated rings. The van der Waals surface area contributed by atoms with Crippen molar-refractivity contribution >= 4 is 30.2 Å². The van der Waals surface area contributed by atoms with Crippen LogP contribution in [0, 0.1) is 0 Å². The Morgan fingerprint density at radius 1 is 1.04 bits per heavy atom. The van der Waals surface area contributed by atoms with E-state index in [4.69, 9.17) is 9.31 Å². The standard InChI is InChI=1S/C17H26BN3O2.C2H6/c1-16(2)17(3,4)23-18(22-16)13-8-9-14-15(12-13)21-20-11-7-5-6-10-19-14;1-2/h8-10,12,20-21H,5-7,11H2,1-4H3;1-2H3. The molecule has 0 unspecified atom stereocenters. The smallest absolute Gasteiger partial charge is 0.399 e. The van der Waals surface area contributed by atoms with Crippen molar-refractivity contribution in [2.45, 2.75) is 72.0 Å². The first-order valence-corrected chi connectivity index (χ1v) is 9.40. The predicted octanol–water partition coefficient (Wildman–Crippen LogP) is 3.81. The van der Waals surface area contributed by atoms with Gasteiger partial charge in [0.2, 0.25) is 0 Å². The van der Waals surface area contributed by atoms with Crippen molar-refractivity contribution in [3.05, 3.63) is 18.2 Å². The zero-order chi connectivity index (χ0) is 18.5. The highest BCUT2D eigenvalue weighted by Gasteiger charge is 2.51. The third-order valence-electron chi connectivity index (χ3n) is 4.88. The van der Waals surface area contributed by atoms with E-state index in [0.29, 0.717) is 0 Å². The largest absolute Gasteiger partial charge is 0.494 e. The maximum Gasteiger partial charge on any atom is 0.494 e. The minimum absolute atomic E-state index is 0.332. The highest BCUT2D eigenvalue weighted by Crippen LogP contribution is 2.37. The van der Waals surface area contributed by atoms with E-state index < -0.39 is 0 Å². The summed E-state index contributed by atoms with van der Waals surface area (Å²) >= 11 is 0. The van der Waals surface area contributed by atoms with E-state index >= 15 is 0 Å². The lowest BCUT2D eigenvalue weighted by Crippen LogP contribution is -2.41. The van der Waals surface area contributed by atoms with Crippen molar-refractivity contribution in [3.63, 3.8) is 0 Å². The van der Waals surface area contributed by atoms with E-state index in [-0.39, 0.29) is 18.3 Å². The van der Waals surface area contributed by atoms with Gasteiger partial charge in [-0.2, -0.15) is 0 Å². The van der Waals surface area contributed by atoms with Gasteiger partial charge in [0.25, 0.3) is 0 Å². The van der Waals surface area contributed by atoms with E-state index in [1.54, 1.807) is 0 Å². The first-order chi connectivity index (χ1) is 11.9. The summed E-state index contributed by atoms with van der Waals surface area (Å²) in [5.41, 5.74) is 8.74. The number of fused-ring (bicyclic) bond motifs is 1. The number of aliphatic imine (C=N–C) groups is 1. The van der Waals surface area contributed by atoms with Gasteiger partial charge in [0, 0.05) is 12.8 Å². The van der Waals surface area contributed by atoms with E-state index in [1.165, 1.54) is 0 Å². The van der Waals surface area contributed by atoms with Crippen molar-refractivity contribution in [2.75, 3.05) is 12.0 Å². The molecule has 3 rings (SSSR count). The average Bonchev–Trinajstić information content (AvgIpc) is 2.81. The molecule has 1 saturated heterocycles. The van der Waals surface area contributed by atoms with Crippen LogP contribution in [0.25, 0.3) is 0 Å². The van der Waals surface area contributed by atoms with Crippen LogP contribution in [0.15, 0.2) is 23.2 Å². The summed E-state index contributed by atoms with van der Waals surface area (Å²) < 4.78 is 12.3. The van der Waals surface area contributed by atoms with E-state index in [2.05, 4.69) is 49.6 Å². The van der Waals surface area contributed by atoms with Crippen molar-refractivity contribution in [2.24, 2.45) is 4.99 Å². The van der Waals surface area contributed by atoms with Crippen LogP contribution < -0.4 is 16.3 Å². The zero-order valence-electron chi connectivity index (χ0n) is 16.5. The Kier molecular flexibility index (Phi) is 6.66. The number of hydrogen-bond acceptors (Lipinski definition) is 5. The van der Waals surface area contributed by atoms with Gasteiger partial charge in [-0.3, -0.25) is 4.99 Å². The van der Waals surface area contributed by atoms with Gasteiger partial charge in [-0.25, -0.2) is 5.43 Å². The molecule has 2 aliphatic rings. The summed E-state index contributed by atoms with van der Waals surface area (Å²) in [4.78, 5) is 4.56. The topological polar surface area (TPSA) is 54.9 Å². The van der Waals surface area contributed by atoms with Crippen LogP contribution in [0.3, 0.4) is 0 Å². The van der Waals surface area contributed by atoms with Crippen LogP contribution in [0.2, 0.25) is 0 Å². The van der Waals surface area contributed by atoms with Crippen LogP contribution in [0.4, 0.5) is 11.4 Å². The minimum atomic E-state index is -0.355. The van der Waals surface area contributed by atoms with E-state index in [1.807, 2.05) is 32.2 Å². The molecular weight excluding hydrogens is 313 g/mol. The minimum Gasteiger partial charge on any atom is -0.399 e. The third-order valence-corrected chi connectivity index (χ3v) is 4.88. The number of benzene rings is 1. The van der Waals surface area contributed by atoms with Gasteiger partial charge < -0.3 is 14.7 Å². The molecule has 0 bridgehead atoms. The SMILES string of the molecule is CC.CC1(C)OB(c2ccc3c(c2)NNCCCCC=N3)OC1(C)C. The molecule has 0 amide bonds. The Bertz CT molecular complexity index is 586. The summed E-state index contributed by atoms with van der Waals surface area (Å²) in [6, 6.07) is 6.11. The molecule has 25 heavy (non-hydrogen) atoms. The Morgan fingerprint density at radius 3 is 2.40 bits per heavy atom. The van der Waals surface area contributed by atoms with Gasteiger partial charge in [-0.15, -0.1) is 0 Å². The number of hydrogen-bond donors (Lipinski definition) is 2. The molecule has 0 aliphatic carbocycles. The van der Waals surface area contributed by atoms with Gasteiger partial charge in [0.05, 0.1) is 22.6 Å². The second-order valence-electron chi connectivity index (χ2n) is 7.22. The maximum atomic E-state index is 6.13. The van der Waals surface area contributed by atoms with Crippen LogP contribution in [-0.2, 0) is 9.31 Å². The third kappa shape index (κ3) is 4.63. The summed E-state index contributed by atoms with van der Waals surface area (Å²) in [5.74, 6) is 0. The lowest BCUT2D eigenvalue weighted by molar-refractivity contribution is 0.00578. The van der Waals surface area contributed by atoms with Crippen LogP contribution in [0.5, 0.6) is 0 Å². The summed E-state index contributed by atoms with van der Waals surface area (Å²) in [6.07, 6.45) is 5.30. The molecule has 138 valence electrons. The highest BCUT2D eigenvalue weighted by atomic mass is 16.7. The van der Waals surface area contributed by atoms with Crippen LogP contribution >= 0.6 is 0 Å². The van der Waals surface area contributed by atoms with Gasteiger partial charge >= 0.3 is 7.12 Å². The van der Waals surface area contributed by atoms with Crippen LogP contribution in [-0.4, -0.2) is 31.1 Å². The monoisotopic (exact) mass is 345 g/mol. The molecular formula is C19H32BN3O2. The van der Waals surface area contributed by atoms with E-state index in [0.717, 1.165) is 42.6 Å². The highest BCUT2D eigenvalue weighted by molar-refractivity contribution is 6.62. The average molecular weight is 345 g/mol.